The van der Waals surface area contributed by atoms with Crippen LogP contribution in [0.25, 0.3) is 10.8 Å². The number of carbonyl (C=O) groups is 1. The fourth-order valence-electron chi connectivity index (χ4n) is 2.39. The molecule has 5 nitrogen and oxygen atoms in total. The number of rotatable bonds is 5. The molecule has 1 amide bonds. The molecule has 7 heteroatoms. The number of amides is 1. The van der Waals surface area contributed by atoms with E-state index in [0.717, 1.165) is 21.9 Å². The van der Waals surface area contributed by atoms with Gasteiger partial charge in [-0.05, 0) is 29.0 Å². The topological polar surface area (TPSA) is 76.1 Å². The van der Waals surface area contributed by atoms with Crippen LogP contribution in [0.15, 0.2) is 70.7 Å². The molecule has 3 rings (SSSR count). The predicted octanol–water partition coefficient (Wildman–Crippen LogP) is 3.37. The fraction of sp³-hybridized carbons (Fsp3) is 0.111. The largest absolute Gasteiger partial charge is 0.323 e. The van der Waals surface area contributed by atoms with Crippen molar-refractivity contribution in [1.29, 1.82) is 0 Å². The van der Waals surface area contributed by atoms with Gasteiger partial charge >= 0.3 is 0 Å². The first-order valence-electron chi connectivity index (χ1n) is 7.49. The van der Waals surface area contributed by atoms with Crippen LogP contribution in [0, 0.1) is 0 Å². The highest BCUT2D eigenvalue weighted by atomic mass is 32.2. The van der Waals surface area contributed by atoms with Crippen molar-refractivity contribution in [2.45, 2.75) is 9.79 Å². The van der Waals surface area contributed by atoms with Crippen LogP contribution in [0.4, 0.5) is 5.69 Å². The minimum atomic E-state index is -3.43. The van der Waals surface area contributed by atoms with Crippen LogP contribution < -0.4 is 5.32 Å². The third-order valence-corrected chi connectivity index (χ3v) is 5.69. The zero-order valence-corrected chi connectivity index (χ0v) is 15.1. The molecule has 1 heterocycles. The molecule has 1 N–H and O–H groups in total. The van der Waals surface area contributed by atoms with E-state index in [1.54, 1.807) is 0 Å². The number of hydrogen-bond donors (Lipinski definition) is 1. The van der Waals surface area contributed by atoms with Gasteiger partial charge in [-0.15, -0.1) is 11.8 Å². The third-order valence-electron chi connectivity index (χ3n) is 3.55. The number of carbonyl (C=O) groups excluding carboxylic acids is 1. The Hall–Kier alpha value is -2.38. The molecule has 0 atom stereocenters. The van der Waals surface area contributed by atoms with Crippen LogP contribution in [-0.2, 0) is 14.6 Å². The van der Waals surface area contributed by atoms with E-state index in [1.165, 1.54) is 30.2 Å². The van der Waals surface area contributed by atoms with Crippen molar-refractivity contribution in [3.8, 4) is 0 Å². The zero-order valence-electron chi connectivity index (χ0n) is 13.5. The van der Waals surface area contributed by atoms with E-state index in [0.29, 0.717) is 0 Å². The number of fused-ring (bicyclic) bond motifs is 1. The van der Waals surface area contributed by atoms with Crippen LogP contribution >= 0.6 is 11.8 Å². The highest BCUT2D eigenvalue weighted by Crippen LogP contribution is 2.24. The molecule has 0 spiro atoms. The van der Waals surface area contributed by atoms with Crippen molar-refractivity contribution in [2.75, 3.05) is 17.3 Å². The molecule has 0 saturated heterocycles. The average molecular weight is 372 g/mol. The lowest BCUT2D eigenvalue weighted by Crippen LogP contribution is -2.16. The molecule has 2 aromatic carbocycles. The molecule has 128 valence electrons. The van der Waals surface area contributed by atoms with Crippen molar-refractivity contribution in [1.82, 2.24) is 4.98 Å². The maximum absolute atomic E-state index is 12.2. The molecule has 0 aliphatic rings. The Labute approximate surface area is 150 Å². The number of hydrogen-bond acceptors (Lipinski definition) is 5. The van der Waals surface area contributed by atoms with E-state index in [9.17, 15) is 13.2 Å². The molecular formula is C18H16N2O3S2. The second-order valence-corrected chi connectivity index (χ2v) is 8.52. The quantitative estimate of drug-likeness (QED) is 0.695. The summed E-state index contributed by atoms with van der Waals surface area (Å²) >= 11 is 1.39. The minimum absolute atomic E-state index is 0.0616. The maximum atomic E-state index is 12.2. The van der Waals surface area contributed by atoms with Gasteiger partial charge in [0.15, 0.2) is 9.84 Å². The standard InChI is InChI=1S/C18H16N2O3S2/c1-25(22,23)17-8-9-19-11-16(17)20-18(21)12-24-15-7-6-13-4-2-3-5-14(13)10-15/h2-11H,12H2,1H3,(H,20,21). The van der Waals surface area contributed by atoms with Gasteiger partial charge in [-0.2, -0.15) is 0 Å². The molecule has 0 aliphatic heterocycles. The molecule has 0 aliphatic carbocycles. The molecule has 3 aromatic rings. The summed E-state index contributed by atoms with van der Waals surface area (Å²) in [5.41, 5.74) is 0.203. The van der Waals surface area contributed by atoms with Crippen LogP contribution in [-0.4, -0.2) is 31.3 Å². The van der Waals surface area contributed by atoms with Crippen molar-refractivity contribution in [3.05, 3.63) is 60.9 Å². The Kier molecular flexibility index (Phi) is 5.06. The lowest BCUT2D eigenvalue weighted by molar-refractivity contribution is -0.113. The number of thioether (sulfide) groups is 1. The van der Waals surface area contributed by atoms with Crippen LogP contribution in [0.2, 0.25) is 0 Å². The molecule has 0 unspecified atom stereocenters. The Balaban J connectivity index is 1.69. The van der Waals surface area contributed by atoms with E-state index >= 15 is 0 Å². The molecule has 0 radical (unpaired) electrons. The molecule has 1 aromatic heterocycles. The van der Waals surface area contributed by atoms with Crippen molar-refractivity contribution < 1.29 is 13.2 Å². The van der Waals surface area contributed by atoms with Gasteiger partial charge in [-0.1, -0.05) is 30.3 Å². The normalized spacial score (nSPS) is 11.4. The third kappa shape index (κ3) is 4.37. The van der Waals surface area contributed by atoms with Gasteiger partial charge in [0.1, 0.15) is 0 Å². The van der Waals surface area contributed by atoms with Crippen LogP contribution in [0.3, 0.4) is 0 Å². The number of nitrogens with zero attached hydrogens (tertiary/aromatic N) is 1. The Morgan fingerprint density at radius 3 is 2.64 bits per heavy atom. The van der Waals surface area contributed by atoms with Crippen molar-refractivity contribution in [2.24, 2.45) is 0 Å². The minimum Gasteiger partial charge on any atom is -0.323 e. The van der Waals surface area contributed by atoms with E-state index in [-0.39, 0.29) is 22.2 Å². The van der Waals surface area contributed by atoms with E-state index < -0.39 is 9.84 Å². The highest BCUT2D eigenvalue weighted by molar-refractivity contribution is 8.00. The SMILES string of the molecule is CS(=O)(=O)c1ccncc1NC(=O)CSc1ccc2ccccc2c1. The second kappa shape index (κ2) is 7.25. The van der Waals surface area contributed by atoms with Crippen molar-refractivity contribution in [3.63, 3.8) is 0 Å². The average Bonchev–Trinajstić information content (AvgIpc) is 2.59. The summed E-state index contributed by atoms with van der Waals surface area (Å²) in [5.74, 6) is -0.104. The Morgan fingerprint density at radius 2 is 1.88 bits per heavy atom. The first-order valence-corrected chi connectivity index (χ1v) is 10.4. The highest BCUT2D eigenvalue weighted by Gasteiger charge is 2.15. The number of sulfone groups is 1. The van der Waals surface area contributed by atoms with Gasteiger partial charge in [0.2, 0.25) is 5.91 Å². The van der Waals surface area contributed by atoms with Gasteiger partial charge in [0, 0.05) is 17.3 Å². The van der Waals surface area contributed by atoms with E-state index in [1.807, 2.05) is 42.5 Å². The van der Waals surface area contributed by atoms with E-state index in [4.69, 9.17) is 0 Å². The maximum Gasteiger partial charge on any atom is 0.234 e. The number of nitrogens with one attached hydrogen (secondary N) is 1. The summed E-state index contributed by atoms with van der Waals surface area (Å²) in [7, 11) is -3.43. The lowest BCUT2D eigenvalue weighted by Gasteiger charge is -2.09. The van der Waals surface area contributed by atoms with E-state index in [2.05, 4.69) is 10.3 Å². The number of benzene rings is 2. The van der Waals surface area contributed by atoms with Gasteiger partial charge in [0.05, 0.1) is 22.5 Å². The summed E-state index contributed by atoms with van der Waals surface area (Å²) in [6.07, 6.45) is 3.83. The summed E-state index contributed by atoms with van der Waals surface area (Å²) in [5, 5.41) is 4.88. The van der Waals surface area contributed by atoms with Gasteiger partial charge in [-0.3, -0.25) is 9.78 Å². The van der Waals surface area contributed by atoms with Crippen molar-refractivity contribution >= 4 is 44.0 Å². The van der Waals surface area contributed by atoms with Crippen LogP contribution in [0.1, 0.15) is 0 Å². The molecular weight excluding hydrogens is 356 g/mol. The Morgan fingerprint density at radius 1 is 1.12 bits per heavy atom. The summed E-state index contributed by atoms with van der Waals surface area (Å²) in [6.45, 7) is 0. The molecule has 25 heavy (non-hydrogen) atoms. The first-order chi connectivity index (χ1) is 11.9. The van der Waals surface area contributed by atoms with Gasteiger partial charge in [0.25, 0.3) is 0 Å². The molecule has 0 saturated carbocycles. The predicted molar refractivity (Wildman–Crippen MR) is 101 cm³/mol. The van der Waals surface area contributed by atoms with Gasteiger partial charge in [-0.25, -0.2) is 8.42 Å². The number of anilines is 1. The fourth-order valence-corrected chi connectivity index (χ4v) is 3.95. The summed E-state index contributed by atoms with van der Waals surface area (Å²) in [6, 6.07) is 15.4. The van der Waals surface area contributed by atoms with Crippen LogP contribution in [0.5, 0.6) is 0 Å². The number of aromatic nitrogens is 1. The first kappa shape index (κ1) is 17.4. The zero-order chi connectivity index (χ0) is 17.9. The smallest absolute Gasteiger partial charge is 0.234 e. The lowest BCUT2D eigenvalue weighted by atomic mass is 10.1. The Bertz CT molecular complexity index is 1030. The monoisotopic (exact) mass is 372 g/mol. The van der Waals surface area contributed by atoms with Gasteiger partial charge < -0.3 is 5.32 Å². The second-order valence-electron chi connectivity index (χ2n) is 5.49. The summed E-state index contributed by atoms with van der Waals surface area (Å²) in [4.78, 5) is 17.1. The molecule has 0 bridgehead atoms. The number of pyridine rings is 1. The summed E-state index contributed by atoms with van der Waals surface area (Å²) < 4.78 is 23.5. The molecule has 0 fully saturated rings.